The molecule has 0 aliphatic heterocycles. The Kier molecular flexibility index (Phi) is 6.31. The second-order valence-electron chi connectivity index (χ2n) is 5.75. The maximum atomic E-state index is 13.0. The standard InChI is InChI=1S/C19H11Cl3F3NO3/c20-10-7-13(21)17(14(22)8-10)28-9-11-5-6-16(29-11)18(27)26-15-4-2-1-3-12(15)19(23,24)25/h1-8H,9H2,(H,26,27). The molecule has 0 fully saturated rings. The van der Waals surface area contributed by atoms with Crippen LogP contribution in [0.3, 0.4) is 0 Å². The van der Waals surface area contributed by atoms with Gasteiger partial charge in [-0.1, -0.05) is 46.9 Å². The molecule has 152 valence electrons. The van der Waals surface area contributed by atoms with Crippen molar-refractivity contribution in [3.63, 3.8) is 0 Å². The van der Waals surface area contributed by atoms with Crippen LogP contribution in [0.2, 0.25) is 15.1 Å². The molecule has 0 spiro atoms. The van der Waals surface area contributed by atoms with Crippen molar-refractivity contribution in [3.8, 4) is 5.75 Å². The molecule has 3 rings (SSSR count). The van der Waals surface area contributed by atoms with E-state index in [1.54, 1.807) is 0 Å². The van der Waals surface area contributed by atoms with Gasteiger partial charge in [0.25, 0.3) is 5.91 Å². The van der Waals surface area contributed by atoms with E-state index < -0.39 is 17.6 Å². The third-order valence-electron chi connectivity index (χ3n) is 3.69. The molecule has 0 radical (unpaired) electrons. The van der Waals surface area contributed by atoms with Crippen LogP contribution in [-0.2, 0) is 12.8 Å². The molecule has 0 saturated carbocycles. The Labute approximate surface area is 178 Å². The Balaban J connectivity index is 1.70. The summed E-state index contributed by atoms with van der Waals surface area (Å²) in [6.07, 6.45) is -4.61. The van der Waals surface area contributed by atoms with Crippen molar-refractivity contribution in [2.45, 2.75) is 12.8 Å². The summed E-state index contributed by atoms with van der Waals surface area (Å²) in [4.78, 5) is 12.3. The van der Waals surface area contributed by atoms with E-state index in [0.717, 1.165) is 12.1 Å². The summed E-state index contributed by atoms with van der Waals surface area (Å²) in [5.41, 5.74) is -1.34. The van der Waals surface area contributed by atoms with Crippen LogP contribution < -0.4 is 10.1 Å². The van der Waals surface area contributed by atoms with Crippen molar-refractivity contribution in [3.05, 3.63) is 80.7 Å². The first kappa shape index (κ1) is 21.4. The Morgan fingerprint density at radius 3 is 2.34 bits per heavy atom. The van der Waals surface area contributed by atoms with Crippen LogP contribution >= 0.6 is 34.8 Å². The number of para-hydroxylation sites is 1. The molecule has 0 aliphatic carbocycles. The number of hydrogen-bond donors (Lipinski definition) is 1. The predicted octanol–water partition coefficient (Wildman–Crippen LogP) is 7.09. The molecule has 10 heteroatoms. The predicted molar refractivity (Wildman–Crippen MR) is 104 cm³/mol. The fraction of sp³-hybridized carbons (Fsp3) is 0.105. The number of halogens is 6. The highest BCUT2D eigenvalue weighted by Gasteiger charge is 2.33. The van der Waals surface area contributed by atoms with Crippen LogP contribution in [0.1, 0.15) is 21.9 Å². The number of anilines is 1. The quantitative estimate of drug-likeness (QED) is 0.438. The van der Waals surface area contributed by atoms with Crippen LogP contribution in [0.15, 0.2) is 52.9 Å². The second kappa shape index (κ2) is 8.57. The number of carbonyl (C=O) groups is 1. The van der Waals surface area contributed by atoms with Gasteiger partial charge in [-0.25, -0.2) is 0 Å². The van der Waals surface area contributed by atoms with Crippen molar-refractivity contribution in [1.29, 1.82) is 0 Å². The SMILES string of the molecule is O=C(Nc1ccccc1C(F)(F)F)c1ccc(COc2c(Cl)cc(Cl)cc2Cl)o1. The van der Waals surface area contributed by atoms with E-state index in [9.17, 15) is 18.0 Å². The first-order valence-corrected chi connectivity index (χ1v) is 9.12. The molecule has 1 N–H and O–H groups in total. The van der Waals surface area contributed by atoms with E-state index in [4.69, 9.17) is 44.0 Å². The van der Waals surface area contributed by atoms with E-state index in [0.29, 0.717) is 5.02 Å². The molecule has 0 unspecified atom stereocenters. The first-order chi connectivity index (χ1) is 13.6. The van der Waals surface area contributed by atoms with E-state index in [1.165, 1.54) is 36.4 Å². The van der Waals surface area contributed by atoms with Gasteiger partial charge in [-0.05, 0) is 36.4 Å². The molecule has 1 aromatic heterocycles. The Morgan fingerprint density at radius 2 is 1.69 bits per heavy atom. The minimum atomic E-state index is -4.61. The fourth-order valence-electron chi connectivity index (χ4n) is 2.41. The molecule has 2 aromatic carbocycles. The zero-order chi connectivity index (χ0) is 21.2. The monoisotopic (exact) mass is 463 g/mol. The molecule has 0 bridgehead atoms. The van der Waals surface area contributed by atoms with Crippen LogP contribution in [-0.4, -0.2) is 5.91 Å². The zero-order valence-corrected chi connectivity index (χ0v) is 16.6. The Hall–Kier alpha value is -2.35. The average Bonchev–Trinajstić information content (AvgIpc) is 3.09. The minimum absolute atomic E-state index is 0.118. The van der Waals surface area contributed by atoms with E-state index >= 15 is 0 Å². The number of hydrogen-bond acceptors (Lipinski definition) is 3. The van der Waals surface area contributed by atoms with Gasteiger partial charge in [0.2, 0.25) is 0 Å². The molecule has 1 heterocycles. The average molecular weight is 465 g/mol. The summed E-state index contributed by atoms with van der Waals surface area (Å²) >= 11 is 17.9. The van der Waals surface area contributed by atoms with Crippen molar-refractivity contribution in [2.75, 3.05) is 5.32 Å². The number of rotatable bonds is 5. The summed E-state index contributed by atoms with van der Waals surface area (Å²) in [6, 6.07) is 10.3. The van der Waals surface area contributed by atoms with Gasteiger partial charge in [0, 0.05) is 5.02 Å². The maximum Gasteiger partial charge on any atom is 0.418 e. The largest absolute Gasteiger partial charge is 0.483 e. The summed E-state index contributed by atoms with van der Waals surface area (Å²) in [6.45, 7) is -0.118. The Morgan fingerprint density at radius 1 is 1.03 bits per heavy atom. The van der Waals surface area contributed by atoms with Gasteiger partial charge in [-0.2, -0.15) is 13.2 Å². The number of ether oxygens (including phenoxy) is 1. The number of benzene rings is 2. The molecule has 29 heavy (non-hydrogen) atoms. The van der Waals surface area contributed by atoms with Crippen LogP contribution in [0.4, 0.5) is 18.9 Å². The topological polar surface area (TPSA) is 51.5 Å². The molecule has 3 aromatic rings. The minimum Gasteiger partial charge on any atom is -0.483 e. The molecule has 0 atom stereocenters. The van der Waals surface area contributed by atoms with Crippen LogP contribution in [0, 0.1) is 0 Å². The highest BCUT2D eigenvalue weighted by Crippen LogP contribution is 2.37. The van der Waals surface area contributed by atoms with Gasteiger partial charge in [-0.15, -0.1) is 0 Å². The lowest BCUT2D eigenvalue weighted by molar-refractivity contribution is -0.136. The van der Waals surface area contributed by atoms with Crippen LogP contribution in [0.25, 0.3) is 0 Å². The normalized spacial score (nSPS) is 11.4. The third kappa shape index (κ3) is 5.18. The fourth-order valence-corrected chi connectivity index (χ4v) is 3.34. The number of nitrogens with one attached hydrogen (secondary N) is 1. The first-order valence-electron chi connectivity index (χ1n) is 7.99. The molecule has 0 saturated heterocycles. The lowest BCUT2D eigenvalue weighted by Crippen LogP contribution is -2.16. The highest BCUT2D eigenvalue weighted by atomic mass is 35.5. The summed E-state index contributed by atoms with van der Waals surface area (Å²) in [5, 5.41) is 2.91. The number of alkyl halides is 3. The van der Waals surface area contributed by atoms with Crippen molar-refractivity contribution >= 4 is 46.4 Å². The number of amides is 1. The molecular weight excluding hydrogens is 454 g/mol. The third-order valence-corrected chi connectivity index (χ3v) is 4.47. The number of carbonyl (C=O) groups excluding carboxylic acids is 1. The molecular formula is C19H11Cl3F3NO3. The van der Waals surface area contributed by atoms with Crippen molar-refractivity contribution in [1.82, 2.24) is 0 Å². The van der Waals surface area contributed by atoms with E-state index in [-0.39, 0.29) is 39.6 Å². The smallest absolute Gasteiger partial charge is 0.418 e. The van der Waals surface area contributed by atoms with Gasteiger partial charge >= 0.3 is 6.18 Å². The summed E-state index contributed by atoms with van der Waals surface area (Å²) < 4.78 is 49.9. The maximum absolute atomic E-state index is 13.0. The van der Waals surface area contributed by atoms with Crippen LogP contribution in [0.5, 0.6) is 5.75 Å². The van der Waals surface area contributed by atoms with Gasteiger partial charge in [0.15, 0.2) is 11.5 Å². The van der Waals surface area contributed by atoms with Gasteiger partial charge in [-0.3, -0.25) is 4.79 Å². The summed E-state index contributed by atoms with van der Waals surface area (Å²) in [5.74, 6) is -0.607. The second-order valence-corrected chi connectivity index (χ2v) is 7.00. The van der Waals surface area contributed by atoms with Gasteiger partial charge < -0.3 is 14.5 Å². The van der Waals surface area contributed by atoms with E-state index in [1.807, 2.05) is 0 Å². The Bertz CT molecular complexity index is 1030. The lowest BCUT2D eigenvalue weighted by Gasteiger charge is -2.12. The van der Waals surface area contributed by atoms with Gasteiger partial charge in [0.05, 0.1) is 21.3 Å². The van der Waals surface area contributed by atoms with E-state index in [2.05, 4.69) is 5.32 Å². The van der Waals surface area contributed by atoms with Gasteiger partial charge in [0.1, 0.15) is 12.4 Å². The van der Waals surface area contributed by atoms with Crippen molar-refractivity contribution in [2.24, 2.45) is 0 Å². The summed E-state index contributed by atoms with van der Waals surface area (Å²) in [7, 11) is 0. The molecule has 1 amide bonds. The zero-order valence-electron chi connectivity index (χ0n) is 14.3. The molecule has 0 aliphatic rings. The highest BCUT2D eigenvalue weighted by molar-refractivity contribution is 6.40. The lowest BCUT2D eigenvalue weighted by atomic mass is 10.1. The van der Waals surface area contributed by atoms with Crippen molar-refractivity contribution < 1.29 is 27.1 Å². The number of furan rings is 1. The molecule has 4 nitrogen and oxygen atoms in total.